The van der Waals surface area contributed by atoms with Gasteiger partial charge in [0.2, 0.25) is 0 Å². The minimum Gasteiger partial charge on any atom is -0.339 e. The van der Waals surface area contributed by atoms with Crippen molar-refractivity contribution >= 4 is 34.5 Å². The van der Waals surface area contributed by atoms with E-state index in [9.17, 15) is 22.8 Å². The second-order valence-electron chi connectivity index (χ2n) is 13.6. The van der Waals surface area contributed by atoms with Crippen molar-refractivity contribution in [3.8, 4) is 5.69 Å². The number of alkyl halides is 3. The molecule has 2 N–H and O–H groups in total. The van der Waals surface area contributed by atoms with Crippen molar-refractivity contribution in [3.05, 3.63) is 107 Å². The number of aryl methyl sites for hydroxylation is 1. The number of nitrogens with zero attached hydrogens (tertiary/aromatic N) is 5. The predicted molar refractivity (Wildman–Crippen MR) is 183 cm³/mol. The second-order valence-corrected chi connectivity index (χ2v) is 13.6. The molecule has 0 radical (unpaired) electrons. The third kappa shape index (κ3) is 7.74. The Morgan fingerprint density at radius 2 is 1.65 bits per heavy atom. The molecule has 3 amide bonds. The first-order valence-electron chi connectivity index (χ1n) is 16.2. The lowest BCUT2D eigenvalue weighted by molar-refractivity contribution is -0.141. The second kappa shape index (κ2) is 13.3. The molecule has 1 fully saturated rings. The molecule has 0 aliphatic carbocycles. The summed E-state index contributed by atoms with van der Waals surface area (Å²) in [5.41, 5.74) is 2.47. The molecule has 0 bridgehead atoms. The molecule has 4 heterocycles. The van der Waals surface area contributed by atoms with Gasteiger partial charge < -0.3 is 10.2 Å². The van der Waals surface area contributed by atoms with Crippen molar-refractivity contribution in [2.45, 2.75) is 58.5 Å². The van der Waals surface area contributed by atoms with Crippen LogP contribution in [0, 0.1) is 12.8 Å². The van der Waals surface area contributed by atoms with Crippen molar-refractivity contribution in [1.82, 2.24) is 24.6 Å². The number of nitrogens with one attached hydrogen (secondary N) is 2. The number of piperidine rings is 1. The molecule has 6 rings (SSSR count). The minimum absolute atomic E-state index is 0.0529. The Balaban J connectivity index is 1.09. The maximum absolute atomic E-state index is 13.9. The number of pyridine rings is 2. The third-order valence-electron chi connectivity index (χ3n) is 8.70. The standard InChI is InChI=1S/C37H38F3N7O2/c1-23-10-12-28(13-11-23)47-31(22-30(45-47)36(2,3)4)43-35(49)42-27-9-5-7-25(20-27)19-24-14-17-46(18-15-24)34(48)29-21-26-8-6-16-41-33(26)44-32(29)37(38,39)40/h5-13,16,20-22,24H,14-15,17-19H2,1-4H3,(H2,42,43,49). The minimum atomic E-state index is -4.79. The fourth-order valence-electron chi connectivity index (χ4n) is 6.00. The number of halogens is 3. The number of rotatable bonds is 6. The van der Waals surface area contributed by atoms with Crippen LogP contribution in [0.5, 0.6) is 0 Å². The Morgan fingerprint density at radius 1 is 0.918 bits per heavy atom. The summed E-state index contributed by atoms with van der Waals surface area (Å²) in [4.78, 5) is 35.6. The van der Waals surface area contributed by atoms with Crippen LogP contribution in [0.1, 0.15) is 66.5 Å². The average Bonchev–Trinajstić information content (AvgIpc) is 3.48. The molecule has 0 atom stereocenters. The van der Waals surface area contributed by atoms with E-state index in [0.29, 0.717) is 49.2 Å². The van der Waals surface area contributed by atoms with Crippen molar-refractivity contribution in [3.63, 3.8) is 0 Å². The summed E-state index contributed by atoms with van der Waals surface area (Å²) in [6.07, 6.45) is -1.46. The van der Waals surface area contributed by atoms with Crippen LogP contribution >= 0.6 is 0 Å². The summed E-state index contributed by atoms with van der Waals surface area (Å²) in [5.74, 6) is 0.0793. The number of aromatic nitrogens is 4. The number of urea groups is 1. The summed E-state index contributed by atoms with van der Waals surface area (Å²) in [5, 5.41) is 11.0. The van der Waals surface area contributed by atoms with E-state index in [2.05, 4.69) is 41.4 Å². The van der Waals surface area contributed by atoms with Gasteiger partial charge in [0.1, 0.15) is 5.82 Å². The average molecular weight is 670 g/mol. The molecule has 9 nitrogen and oxygen atoms in total. The molecule has 5 aromatic rings. The topological polar surface area (TPSA) is 105 Å². The quantitative estimate of drug-likeness (QED) is 0.190. The van der Waals surface area contributed by atoms with E-state index in [1.54, 1.807) is 16.8 Å². The number of hydrogen-bond donors (Lipinski definition) is 2. The first kappa shape index (κ1) is 33.6. The van der Waals surface area contributed by atoms with Gasteiger partial charge in [-0.25, -0.2) is 19.4 Å². The Kier molecular flexibility index (Phi) is 9.15. The van der Waals surface area contributed by atoms with Crippen molar-refractivity contribution in [2.75, 3.05) is 23.7 Å². The number of likely N-dealkylation sites (tertiary alicyclic amines) is 1. The molecule has 12 heteroatoms. The molecule has 49 heavy (non-hydrogen) atoms. The van der Waals surface area contributed by atoms with Gasteiger partial charge in [-0.05, 0) is 80.1 Å². The van der Waals surface area contributed by atoms with Gasteiger partial charge in [0.15, 0.2) is 11.3 Å². The number of fused-ring (bicyclic) bond motifs is 1. The Morgan fingerprint density at radius 3 is 2.35 bits per heavy atom. The van der Waals surface area contributed by atoms with Crippen LogP contribution in [0.3, 0.4) is 0 Å². The van der Waals surface area contributed by atoms with Gasteiger partial charge in [-0.1, -0.05) is 50.6 Å². The highest BCUT2D eigenvalue weighted by molar-refractivity contribution is 6.00. The SMILES string of the molecule is Cc1ccc(-n2nc(C(C)(C)C)cc2NC(=O)Nc2cccc(CC3CCN(C(=O)c4cc5cccnc5nc4C(F)(F)F)CC3)c2)cc1. The molecule has 1 aliphatic heterocycles. The number of carbonyl (C=O) groups excluding carboxylic acids is 2. The lowest BCUT2D eigenvalue weighted by Gasteiger charge is -2.32. The Labute approximate surface area is 282 Å². The van der Waals surface area contributed by atoms with Crippen molar-refractivity contribution in [2.24, 2.45) is 5.92 Å². The van der Waals surface area contributed by atoms with Crippen LogP contribution in [0.4, 0.5) is 29.5 Å². The summed E-state index contributed by atoms with van der Waals surface area (Å²) in [6.45, 7) is 8.87. The number of anilines is 2. The van der Waals surface area contributed by atoms with Gasteiger partial charge >= 0.3 is 12.2 Å². The smallest absolute Gasteiger partial charge is 0.339 e. The molecular weight excluding hydrogens is 631 g/mol. The number of carbonyl (C=O) groups is 2. The predicted octanol–water partition coefficient (Wildman–Crippen LogP) is 8.18. The van der Waals surface area contributed by atoms with E-state index in [-0.39, 0.29) is 17.0 Å². The fraction of sp³-hybridized carbons (Fsp3) is 0.324. The number of amides is 3. The Hall–Kier alpha value is -5.26. The van der Waals surface area contributed by atoms with Crippen LogP contribution in [0.15, 0.2) is 79.0 Å². The largest absolute Gasteiger partial charge is 0.434 e. The monoisotopic (exact) mass is 669 g/mol. The van der Waals surface area contributed by atoms with Crippen molar-refractivity contribution < 1.29 is 22.8 Å². The normalized spacial score (nSPS) is 14.2. The van der Waals surface area contributed by atoms with Crippen LogP contribution in [-0.2, 0) is 18.0 Å². The molecule has 2 aromatic carbocycles. The van der Waals surface area contributed by atoms with Crippen LogP contribution in [0.25, 0.3) is 16.7 Å². The molecule has 1 aliphatic rings. The molecule has 0 saturated carbocycles. The van der Waals surface area contributed by atoms with Gasteiger partial charge in [-0.3, -0.25) is 10.1 Å². The van der Waals surface area contributed by atoms with E-state index < -0.39 is 29.4 Å². The molecule has 254 valence electrons. The summed E-state index contributed by atoms with van der Waals surface area (Å²) in [6, 6.07) is 21.4. The van der Waals surface area contributed by atoms with Gasteiger partial charge in [-0.15, -0.1) is 0 Å². The lowest BCUT2D eigenvalue weighted by atomic mass is 9.89. The van der Waals surface area contributed by atoms with Gasteiger partial charge in [0.25, 0.3) is 5.91 Å². The van der Waals surface area contributed by atoms with E-state index in [1.807, 2.05) is 61.5 Å². The zero-order valence-corrected chi connectivity index (χ0v) is 27.8. The van der Waals surface area contributed by atoms with Crippen LogP contribution < -0.4 is 10.6 Å². The molecule has 1 saturated heterocycles. The van der Waals surface area contributed by atoms with Gasteiger partial charge in [0, 0.05) is 41.8 Å². The third-order valence-corrected chi connectivity index (χ3v) is 8.70. The highest BCUT2D eigenvalue weighted by Gasteiger charge is 2.39. The van der Waals surface area contributed by atoms with Gasteiger partial charge in [0.05, 0.1) is 16.9 Å². The number of benzene rings is 2. The Bertz CT molecular complexity index is 1990. The molecule has 3 aromatic heterocycles. The van der Waals surface area contributed by atoms with Crippen molar-refractivity contribution in [1.29, 1.82) is 0 Å². The van der Waals surface area contributed by atoms with E-state index in [1.165, 1.54) is 17.2 Å². The molecular formula is C37H38F3N7O2. The van der Waals surface area contributed by atoms with E-state index in [4.69, 9.17) is 5.10 Å². The lowest BCUT2D eigenvalue weighted by Crippen LogP contribution is -2.39. The number of hydrogen-bond acceptors (Lipinski definition) is 5. The van der Waals surface area contributed by atoms with Crippen LogP contribution in [-0.4, -0.2) is 49.7 Å². The summed E-state index contributed by atoms with van der Waals surface area (Å²) >= 11 is 0. The zero-order valence-electron chi connectivity index (χ0n) is 27.8. The maximum atomic E-state index is 13.9. The highest BCUT2D eigenvalue weighted by atomic mass is 19.4. The molecule has 0 spiro atoms. The summed E-state index contributed by atoms with van der Waals surface area (Å²) < 4.78 is 43.4. The highest BCUT2D eigenvalue weighted by Crippen LogP contribution is 2.34. The fourth-order valence-corrected chi connectivity index (χ4v) is 6.00. The van der Waals surface area contributed by atoms with Crippen LogP contribution in [0.2, 0.25) is 0 Å². The first-order valence-corrected chi connectivity index (χ1v) is 16.2. The summed E-state index contributed by atoms with van der Waals surface area (Å²) in [7, 11) is 0. The van der Waals surface area contributed by atoms with Gasteiger partial charge in [-0.2, -0.15) is 18.3 Å². The first-order chi connectivity index (χ1) is 23.2. The van der Waals surface area contributed by atoms with E-state index in [0.717, 1.165) is 22.5 Å². The zero-order chi connectivity index (χ0) is 34.9. The molecule has 0 unspecified atom stereocenters. The maximum Gasteiger partial charge on any atom is 0.434 e. The van der Waals surface area contributed by atoms with E-state index >= 15 is 0 Å².